The van der Waals surface area contributed by atoms with Crippen molar-refractivity contribution in [1.82, 2.24) is 5.32 Å². The van der Waals surface area contributed by atoms with Crippen molar-refractivity contribution in [3.63, 3.8) is 0 Å². The van der Waals surface area contributed by atoms with Gasteiger partial charge in [0.1, 0.15) is 21.5 Å². The van der Waals surface area contributed by atoms with Gasteiger partial charge in [0, 0.05) is 20.1 Å². The Morgan fingerprint density at radius 3 is 2.79 bits per heavy atom. The molecule has 0 aromatic carbocycles. The maximum absolute atomic E-state index is 11.8. The lowest BCUT2D eigenvalue weighted by Gasteiger charge is -2.21. The minimum absolute atomic E-state index is 0.229. The summed E-state index contributed by atoms with van der Waals surface area (Å²) in [6.07, 6.45) is 2.50. The van der Waals surface area contributed by atoms with Crippen LogP contribution in [0.3, 0.4) is 0 Å². The first-order valence-electron chi connectivity index (χ1n) is 6.41. The van der Waals surface area contributed by atoms with E-state index in [1.807, 2.05) is 0 Å². The third-order valence-electron chi connectivity index (χ3n) is 3.32. The lowest BCUT2D eigenvalue weighted by atomic mass is 10.2. The maximum atomic E-state index is 11.8. The maximum Gasteiger partial charge on any atom is 0.263 e. The van der Waals surface area contributed by atoms with Gasteiger partial charge in [0.25, 0.3) is 5.91 Å². The van der Waals surface area contributed by atoms with Gasteiger partial charge in [-0.05, 0) is 25.7 Å². The Bertz CT molecular complexity index is 527. The summed E-state index contributed by atoms with van der Waals surface area (Å²) in [4.78, 5) is 14.3. The van der Waals surface area contributed by atoms with Crippen LogP contribution in [0.2, 0.25) is 0 Å². The molecule has 1 amide bonds. The lowest BCUT2D eigenvalue weighted by molar-refractivity contribution is 0.0968. The van der Waals surface area contributed by atoms with Crippen LogP contribution in [0.15, 0.2) is 0 Å². The molecule has 102 valence electrons. The monoisotopic (exact) mass is 278 g/mol. The van der Waals surface area contributed by atoms with Gasteiger partial charge in [0.05, 0.1) is 5.69 Å². The van der Waals surface area contributed by atoms with Gasteiger partial charge in [-0.15, -0.1) is 11.3 Å². The highest BCUT2D eigenvalue weighted by atomic mass is 32.1. The van der Waals surface area contributed by atoms with E-state index in [9.17, 15) is 10.1 Å². The third-order valence-corrected chi connectivity index (χ3v) is 4.58. The van der Waals surface area contributed by atoms with E-state index in [1.54, 1.807) is 7.05 Å². The van der Waals surface area contributed by atoms with Crippen LogP contribution in [0.5, 0.6) is 0 Å². The average Bonchev–Trinajstić information content (AvgIpc) is 3.18. The van der Waals surface area contributed by atoms with Crippen molar-refractivity contribution in [3.8, 4) is 6.07 Å². The molecule has 0 bridgehead atoms. The normalized spacial score (nSPS) is 13.9. The first-order valence-corrected chi connectivity index (χ1v) is 7.23. The second-order valence-electron chi connectivity index (χ2n) is 4.70. The Morgan fingerprint density at radius 2 is 2.32 bits per heavy atom. The first kappa shape index (κ1) is 13.7. The van der Waals surface area contributed by atoms with Gasteiger partial charge in [-0.25, -0.2) is 0 Å². The summed E-state index contributed by atoms with van der Waals surface area (Å²) in [6, 6.07) is 2.14. The molecule has 1 aromatic heterocycles. The van der Waals surface area contributed by atoms with Crippen molar-refractivity contribution in [2.24, 2.45) is 5.92 Å². The van der Waals surface area contributed by atoms with Crippen molar-refractivity contribution in [1.29, 1.82) is 5.26 Å². The van der Waals surface area contributed by atoms with Crippen molar-refractivity contribution < 1.29 is 4.79 Å². The molecule has 0 atom stereocenters. The molecule has 5 nitrogen and oxygen atoms in total. The van der Waals surface area contributed by atoms with E-state index in [0.717, 1.165) is 24.0 Å². The Morgan fingerprint density at radius 1 is 1.63 bits per heavy atom. The van der Waals surface area contributed by atoms with Crippen LogP contribution in [0.1, 0.15) is 35.0 Å². The highest BCUT2D eigenvalue weighted by molar-refractivity contribution is 7.19. The number of nitrogens with two attached hydrogens (primary N) is 1. The summed E-state index contributed by atoms with van der Waals surface area (Å²) in [7, 11) is 1.56. The van der Waals surface area contributed by atoms with Gasteiger partial charge in [-0.2, -0.15) is 5.26 Å². The molecule has 2 rings (SSSR count). The fourth-order valence-electron chi connectivity index (χ4n) is 2.01. The SMILES string of the molecule is CCN(CC1CC1)c1sc(C(=O)NC)c(N)c1C#N. The van der Waals surface area contributed by atoms with Crippen LogP contribution in [-0.2, 0) is 0 Å². The van der Waals surface area contributed by atoms with Crippen LogP contribution >= 0.6 is 11.3 Å². The zero-order valence-electron chi connectivity index (χ0n) is 11.2. The molecule has 1 aliphatic carbocycles. The van der Waals surface area contributed by atoms with Gasteiger partial charge in [0.15, 0.2) is 0 Å². The van der Waals surface area contributed by atoms with Gasteiger partial charge < -0.3 is 16.0 Å². The van der Waals surface area contributed by atoms with Crippen LogP contribution < -0.4 is 16.0 Å². The predicted octanol–water partition coefficient (Wildman–Crippen LogP) is 1.80. The van der Waals surface area contributed by atoms with Crippen LogP contribution in [0.4, 0.5) is 10.7 Å². The van der Waals surface area contributed by atoms with E-state index in [1.165, 1.54) is 24.2 Å². The van der Waals surface area contributed by atoms with Crippen LogP contribution in [0, 0.1) is 17.2 Å². The van der Waals surface area contributed by atoms with E-state index < -0.39 is 0 Å². The second-order valence-corrected chi connectivity index (χ2v) is 5.70. The molecule has 3 N–H and O–H groups in total. The Balaban J connectivity index is 2.37. The molecule has 0 unspecified atom stereocenters. The van der Waals surface area contributed by atoms with Crippen molar-refractivity contribution in [3.05, 3.63) is 10.4 Å². The van der Waals surface area contributed by atoms with Crippen molar-refractivity contribution in [2.45, 2.75) is 19.8 Å². The number of amides is 1. The highest BCUT2D eigenvalue weighted by Gasteiger charge is 2.28. The number of nitrogens with zero attached hydrogens (tertiary/aromatic N) is 2. The number of thiophene rings is 1. The number of rotatable bonds is 5. The fourth-order valence-corrected chi connectivity index (χ4v) is 3.20. The zero-order chi connectivity index (χ0) is 14.0. The molecule has 1 heterocycles. The van der Waals surface area contributed by atoms with Gasteiger partial charge in [0.2, 0.25) is 0 Å². The topological polar surface area (TPSA) is 82.2 Å². The largest absolute Gasteiger partial charge is 0.396 e. The van der Waals surface area contributed by atoms with E-state index in [2.05, 4.69) is 23.2 Å². The molecule has 1 aromatic rings. The fraction of sp³-hybridized carbons (Fsp3) is 0.538. The Kier molecular flexibility index (Phi) is 3.96. The number of nitriles is 1. The van der Waals surface area contributed by atoms with Gasteiger partial charge in [-0.3, -0.25) is 4.79 Å². The summed E-state index contributed by atoms with van der Waals surface area (Å²) in [5.41, 5.74) is 6.67. The molecular formula is C13H18N4OS. The van der Waals surface area contributed by atoms with E-state index in [4.69, 9.17) is 5.73 Å². The molecule has 1 saturated carbocycles. The molecule has 1 fully saturated rings. The lowest BCUT2D eigenvalue weighted by Crippen LogP contribution is -2.25. The van der Waals surface area contributed by atoms with Crippen LogP contribution in [0.25, 0.3) is 0 Å². The number of carbonyl (C=O) groups excluding carboxylic acids is 1. The number of carbonyl (C=O) groups is 1. The molecular weight excluding hydrogens is 260 g/mol. The minimum atomic E-state index is -0.229. The third kappa shape index (κ3) is 2.66. The van der Waals surface area contributed by atoms with Gasteiger partial charge in [-0.1, -0.05) is 0 Å². The number of nitrogens with one attached hydrogen (secondary N) is 1. The number of anilines is 2. The highest BCUT2D eigenvalue weighted by Crippen LogP contribution is 2.40. The standard InChI is InChI=1S/C13H18N4OS/c1-3-17(7-8-4-5-8)13-9(6-14)10(15)11(19-13)12(18)16-2/h8H,3-5,7,15H2,1-2H3,(H,16,18). The predicted molar refractivity (Wildman–Crippen MR) is 77.4 cm³/mol. The summed E-state index contributed by atoms with van der Waals surface area (Å²) in [5, 5.41) is 12.7. The Labute approximate surface area is 117 Å². The Hall–Kier alpha value is -1.74. The molecule has 19 heavy (non-hydrogen) atoms. The van der Waals surface area contributed by atoms with E-state index >= 15 is 0 Å². The second kappa shape index (κ2) is 5.49. The van der Waals surface area contributed by atoms with E-state index in [0.29, 0.717) is 16.1 Å². The first-order chi connectivity index (χ1) is 9.12. The molecule has 0 radical (unpaired) electrons. The summed E-state index contributed by atoms with van der Waals surface area (Å²) in [5.74, 6) is 0.492. The summed E-state index contributed by atoms with van der Waals surface area (Å²) < 4.78 is 0. The van der Waals surface area contributed by atoms with Crippen molar-refractivity contribution >= 4 is 27.9 Å². The van der Waals surface area contributed by atoms with Crippen molar-refractivity contribution in [2.75, 3.05) is 30.8 Å². The average molecular weight is 278 g/mol. The number of hydrogen-bond acceptors (Lipinski definition) is 5. The molecule has 1 aliphatic rings. The summed E-state index contributed by atoms with van der Waals surface area (Å²) in [6.45, 7) is 3.82. The molecule has 6 heteroatoms. The van der Waals surface area contributed by atoms with Gasteiger partial charge >= 0.3 is 0 Å². The minimum Gasteiger partial charge on any atom is -0.396 e. The number of hydrogen-bond donors (Lipinski definition) is 2. The zero-order valence-corrected chi connectivity index (χ0v) is 12.0. The smallest absolute Gasteiger partial charge is 0.263 e. The number of nitrogen functional groups attached to an aromatic ring is 1. The molecule has 0 spiro atoms. The van der Waals surface area contributed by atoms with E-state index in [-0.39, 0.29) is 5.91 Å². The summed E-state index contributed by atoms with van der Waals surface area (Å²) >= 11 is 1.31. The quantitative estimate of drug-likeness (QED) is 0.860. The molecule has 0 aliphatic heterocycles. The van der Waals surface area contributed by atoms with Crippen LogP contribution in [-0.4, -0.2) is 26.0 Å². The molecule has 0 saturated heterocycles.